The van der Waals surface area contributed by atoms with Gasteiger partial charge in [-0.3, -0.25) is 4.79 Å². The van der Waals surface area contributed by atoms with Crippen molar-refractivity contribution in [2.45, 2.75) is 25.3 Å². The molecule has 2 bridgehead atoms. The van der Waals surface area contributed by atoms with Gasteiger partial charge in [-0.2, -0.15) is 5.21 Å². The minimum atomic E-state index is 0.267. The summed E-state index contributed by atoms with van der Waals surface area (Å²) in [6.45, 7) is 0.981. The summed E-state index contributed by atoms with van der Waals surface area (Å²) >= 11 is 0. The van der Waals surface area contributed by atoms with Crippen molar-refractivity contribution in [1.29, 1.82) is 0 Å². The number of nitrogens with one attached hydrogen (secondary N) is 1. The van der Waals surface area contributed by atoms with Gasteiger partial charge in [0.15, 0.2) is 0 Å². The van der Waals surface area contributed by atoms with Gasteiger partial charge in [-0.1, -0.05) is 18.2 Å². The summed E-state index contributed by atoms with van der Waals surface area (Å²) in [6.07, 6.45) is 3.06. The zero-order valence-corrected chi connectivity index (χ0v) is 12.1. The normalized spacial score (nSPS) is 31.4. The predicted octanol–water partition coefficient (Wildman–Crippen LogP) is 1.28. The minimum Gasteiger partial charge on any atom is -0.339 e. The van der Waals surface area contributed by atoms with Crippen molar-refractivity contribution >= 4 is 5.91 Å². The summed E-state index contributed by atoms with van der Waals surface area (Å²) in [6, 6.07) is 8.39. The highest BCUT2D eigenvalue weighted by Crippen LogP contribution is 2.61. The molecule has 0 unspecified atom stereocenters. The zero-order chi connectivity index (χ0) is 14.7. The molecule has 1 amide bonds. The molecule has 0 spiro atoms. The monoisotopic (exact) mass is 295 g/mol. The van der Waals surface area contributed by atoms with E-state index in [9.17, 15) is 4.79 Å². The summed E-state index contributed by atoms with van der Waals surface area (Å²) in [4.78, 5) is 14.8. The number of aromatic amines is 1. The van der Waals surface area contributed by atoms with Crippen LogP contribution in [-0.2, 0) is 11.2 Å². The second-order valence-corrected chi connectivity index (χ2v) is 6.79. The fourth-order valence-electron chi connectivity index (χ4n) is 4.50. The first kappa shape index (κ1) is 12.3. The van der Waals surface area contributed by atoms with Crippen LogP contribution in [0.3, 0.4) is 0 Å². The van der Waals surface area contributed by atoms with Crippen LogP contribution in [0.15, 0.2) is 24.3 Å². The fraction of sp³-hybridized carbons (Fsp3) is 0.500. The highest BCUT2D eigenvalue weighted by molar-refractivity contribution is 5.80. The lowest BCUT2D eigenvalue weighted by atomic mass is 10.1. The Morgan fingerprint density at radius 3 is 3.05 bits per heavy atom. The SMILES string of the molecule is O=C(Cc1cccc(-c2nn[nH]n2)c1)N1C[C@@H]2C[C@H]1[C@H]1C[C@@H]21. The number of piperidine rings is 1. The first-order chi connectivity index (χ1) is 10.8. The number of likely N-dealkylation sites (tertiary alicyclic amines) is 1. The number of carbonyl (C=O) groups is 1. The number of benzene rings is 1. The molecular weight excluding hydrogens is 278 g/mol. The van der Waals surface area contributed by atoms with Gasteiger partial charge in [-0.05, 0) is 47.4 Å². The summed E-state index contributed by atoms with van der Waals surface area (Å²) in [5.74, 6) is 3.37. The van der Waals surface area contributed by atoms with Crippen molar-refractivity contribution in [1.82, 2.24) is 25.5 Å². The minimum absolute atomic E-state index is 0.267. The molecule has 2 heterocycles. The van der Waals surface area contributed by atoms with Crippen molar-refractivity contribution < 1.29 is 4.79 Å². The van der Waals surface area contributed by atoms with Crippen molar-refractivity contribution in [3.63, 3.8) is 0 Å². The van der Waals surface area contributed by atoms with E-state index in [4.69, 9.17) is 0 Å². The number of amides is 1. The Labute approximate surface area is 127 Å². The molecular formula is C16H17N5O. The number of H-pyrrole nitrogens is 1. The molecule has 1 aliphatic heterocycles. The topological polar surface area (TPSA) is 74.8 Å². The molecule has 22 heavy (non-hydrogen) atoms. The van der Waals surface area contributed by atoms with E-state index in [0.29, 0.717) is 18.3 Å². The summed E-state index contributed by atoms with van der Waals surface area (Å²) in [5, 5.41) is 14.0. The maximum atomic E-state index is 12.6. The lowest BCUT2D eigenvalue weighted by Gasteiger charge is -2.27. The van der Waals surface area contributed by atoms with Crippen LogP contribution in [0.1, 0.15) is 18.4 Å². The molecule has 1 aromatic heterocycles. The average Bonchev–Trinajstić information content (AvgIpc) is 2.94. The van der Waals surface area contributed by atoms with Crippen LogP contribution >= 0.6 is 0 Å². The van der Waals surface area contributed by atoms with Crippen LogP contribution in [0, 0.1) is 17.8 Å². The number of nitrogens with zero attached hydrogens (tertiary/aromatic N) is 4. The van der Waals surface area contributed by atoms with Crippen molar-refractivity contribution in [2.24, 2.45) is 17.8 Å². The van der Waals surface area contributed by atoms with Crippen LogP contribution in [-0.4, -0.2) is 44.0 Å². The smallest absolute Gasteiger partial charge is 0.227 e. The van der Waals surface area contributed by atoms with E-state index < -0.39 is 0 Å². The van der Waals surface area contributed by atoms with Gasteiger partial charge in [0.05, 0.1) is 6.42 Å². The zero-order valence-electron chi connectivity index (χ0n) is 12.1. The summed E-state index contributed by atoms with van der Waals surface area (Å²) in [5.41, 5.74) is 1.91. The van der Waals surface area contributed by atoms with Crippen LogP contribution in [0.25, 0.3) is 11.4 Å². The number of aromatic nitrogens is 4. The molecule has 112 valence electrons. The third kappa shape index (κ3) is 1.79. The van der Waals surface area contributed by atoms with E-state index >= 15 is 0 Å². The van der Waals surface area contributed by atoms with Gasteiger partial charge in [0.2, 0.25) is 11.7 Å². The average molecular weight is 295 g/mol. The molecule has 4 atom stereocenters. The molecule has 1 N–H and O–H groups in total. The molecule has 3 aliphatic rings. The number of tetrazole rings is 1. The Bertz CT molecular complexity index is 728. The van der Waals surface area contributed by atoms with E-state index in [0.717, 1.165) is 35.4 Å². The largest absolute Gasteiger partial charge is 0.339 e. The van der Waals surface area contributed by atoms with Gasteiger partial charge in [0.25, 0.3) is 0 Å². The number of hydrogen-bond donors (Lipinski definition) is 1. The standard InChI is InChI=1S/C16H17N5O/c22-15(21-8-11-6-14(21)13-7-12(11)13)5-9-2-1-3-10(4-9)16-17-19-20-18-16/h1-4,11-14H,5-8H2,(H,17,18,19,20)/t11-,12-,13-,14-/m0/s1. The fourth-order valence-corrected chi connectivity index (χ4v) is 4.50. The van der Waals surface area contributed by atoms with E-state index in [1.54, 1.807) is 0 Å². The summed E-state index contributed by atoms with van der Waals surface area (Å²) < 4.78 is 0. The highest BCUT2D eigenvalue weighted by atomic mass is 16.2. The van der Waals surface area contributed by atoms with E-state index in [-0.39, 0.29) is 5.91 Å². The number of fused-ring (bicyclic) bond motifs is 5. The third-order valence-corrected chi connectivity index (χ3v) is 5.57. The van der Waals surface area contributed by atoms with Crippen molar-refractivity contribution in [3.05, 3.63) is 29.8 Å². The Morgan fingerprint density at radius 2 is 2.27 bits per heavy atom. The molecule has 5 rings (SSSR count). The quantitative estimate of drug-likeness (QED) is 0.925. The third-order valence-electron chi connectivity index (χ3n) is 5.57. The molecule has 6 nitrogen and oxygen atoms in total. The van der Waals surface area contributed by atoms with E-state index in [1.165, 1.54) is 12.8 Å². The lowest BCUT2D eigenvalue weighted by molar-refractivity contribution is -0.132. The van der Waals surface area contributed by atoms with Gasteiger partial charge in [0, 0.05) is 18.2 Å². The van der Waals surface area contributed by atoms with Gasteiger partial charge in [0.1, 0.15) is 0 Å². The van der Waals surface area contributed by atoms with Gasteiger partial charge < -0.3 is 4.90 Å². The van der Waals surface area contributed by atoms with Gasteiger partial charge in [-0.25, -0.2) is 0 Å². The first-order valence-electron chi connectivity index (χ1n) is 7.92. The molecule has 1 saturated heterocycles. The van der Waals surface area contributed by atoms with Crippen LogP contribution < -0.4 is 0 Å². The van der Waals surface area contributed by atoms with E-state index in [2.05, 4.69) is 25.5 Å². The Kier molecular flexibility index (Phi) is 2.45. The maximum Gasteiger partial charge on any atom is 0.227 e. The Balaban J connectivity index is 1.34. The van der Waals surface area contributed by atoms with E-state index in [1.807, 2.05) is 24.3 Å². The van der Waals surface area contributed by atoms with Gasteiger partial charge in [-0.15, -0.1) is 10.2 Å². The van der Waals surface area contributed by atoms with Crippen LogP contribution in [0.4, 0.5) is 0 Å². The molecule has 2 saturated carbocycles. The predicted molar refractivity (Wildman–Crippen MR) is 78.5 cm³/mol. The van der Waals surface area contributed by atoms with Crippen molar-refractivity contribution in [2.75, 3.05) is 6.54 Å². The molecule has 0 radical (unpaired) electrons. The highest BCUT2D eigenvalue weighted by Gasteiger charge is 2.61. The lowest BCUT2D eigenvalue weighted by Crippen LogP contribution is -2.40. The molecule has 6 heteroatoms. The number of carbonyl (C=O) groups excluding carboxylic acids is 1. The second-order valence-electron chi connectivity index (χ2n) is 6.79. The maximum absolute atomic E-state index is 12.6. The Hall–Kier alpha value is -2.24. The summed E-state index contributed by atoms with van der Waals surface area (Å²) in [7, 11) is 0. The van der Waals surface area contributed by atoms with Crippen molar-refractivity contribution in [3.8, 4) is 11.4 Å². The molecule has 3 fully saturated rings. The van der Waals surface area contributed by atoms with Gasteiger partial charge >= 0.3 is 0 Å². The Morgan fingerprint density at radius 1 is 1.32 bits per heavy atom. The molecule has 2 aromatic rings. The second kappa shape index (κ2) is 4.38. The first-order valence-corrected chi connectivity index (χ1v) is 7.92. The van der Waals surface area contributed by atoms with Crippen LogP contribution in [0.2, 0.25) is 0 Å². The number of hydrogen-bond acceptors (Lipinski definition) is 4. The molecule has 2 aliphatic carbocycles. The van der Waals surface area contributed by atoms with Crippen LogP contribution in [0.5, 0.6) is 0 Å². The molecule has 1 aromatic carbocycles. The number of rotatable bonds is 3.